The van der Waals surface area contributed by atoms with Crippen LogP contribution in [0.3, 0.4) is 0 Å². The Hall–Kier alpha value is -1.04. The number of carbonyl (C=O) groups excluding carboxylic acids is 1. The van der Waals surface area contributed by atoms with Crippen LogP contribution in [0.4, 0.5) is 4.79 Å². The number of hydrogen-bond acceptors (Lipinski definition) is 3. The third kappa shape index (κ3) is 7.29. The molecule has 0 radical (unpaired) electrons. The summed E-state index contributed by atoms with van der Waals surface area (Å²) in [7, 11) is 0. The van der Waals surface area contributed by atoms with E-state index in [0.717, 1.165) is 17.4 Å². The standard InChI is InChI=1S/C15H22O2.CH2O3.Na.H/c1-14(2,3)11-7-10(9-16)13(17)12(8-11)15(4,5)6;2-1(3)4;;/h7-9,17H,1-6H3;(H2,2,3,4);;. The van der Waals surface area contributed by atoms with Gasteiger partial charge in [0, 0.05) is 5.56 Å². The van der Waals surface area contributed by atoms with Crippen molar-refractivity contribution in [2.24, 2.45) is 0 Å². The van der Waals surface area contributed by atoms with Crippen LogP contribution in [-0.4, -0.2) is 57.3 Å². The van der Waals surface area contributed by atoms with E-state index in [0.29, 0.717) is 5.56 Å². The molecule has 0 aliphatic rings. The van der Waals surface area contributed by atoms with Crippen molar-refractivity contribution < 1.29 is 24.9 Å². The van der Waals surface area contributed by atoms with Crippen LogP contribution in [0.5, 0.6) is 5.75 Å². The van der Waals surface area contributed by atoms with E-state index in [1.165, 1.54) is 0 Å². The summed E-state index contributed by atoms with van der Waals surface area (Å²) in [6.07, 6.45) is -1.11. The molecule has 0 fully saturated rings. The topological polar surface area (TPSA) is 94.8 Å². The summed E-state index contributed by atoms with van der Waals surface area (Å²) in [5.41, 5.74) is 2.06. The van der Waals surface area contributed by atoms with Crippen LogP contribution in [0, 0.1) is 0 Å². The summed E-state index contributed by atoms with van der Waals surface area (Å²) in [5, 5.41) is 24.0. The molecule has 1 aromatic carbocycles. The maximum absolute atomic E-state index is 11.0. The molecule has 1 aromatic rings. The summed E-state index contributed by atoms with van der Waals surface area (Å²) in [6.45, 7) is 12.4. The van der Waals surface area contributed by atoms with Crippen molar-refractivity contribution in [1.82, 2.24) is 0 Å². The van der Waals surface area contributed by atoms with E-state index in [1.807, 2.05) is 26.8 Å². The molecule has 0 aliphatic heterocycles. The Balaban J connectivity index is 0. The number of aldehydes is 1. The zero-order valence-corrected chi connectivity index (χ0v) is 13.4. The average Bonchev–Trinajstić information content (AvgIpc) is 2.25. The van der Waals surface area contributed by atoms with Gasteiger partial charge in [-0.1, -0.05) is 47.6 Å². The molecule has 0 atom stereocenters. The molecule has 0 bridgehead atoms. The van der Waals surface area contributed by atoms with Crippen molar-refractivity contribution in [2.45, 2.75) is 52.4 Å². The molecule has 5 nitrogen and oxygen atoms in total. The fourth-order valence-electron chi connectivity index (χ4n) is 1.75. The van der Waals surface area contributed by atoms with Crippen LogP contribution in [0.1, 0.15) is 63.0 Å². The molecule has 0 aromatic heterocycles. The van der Waals surface area contributed by atoms with Gasteiger partial charge in [-0.25, -0.2) is 4.79 Å². The Labute approximate surface area is 153 Å². The van der Waals surface area contributed by atoms with Gasteiger partial charge in [0.25, 0.3) is 0 Å². The summed E-state index contributed by atoms with van der Waals surface area (Å²) >= 11 is 0. The molecule has 0 aliphatic carbocycles. The van der Waals surface area contributed by atoms with E-state index in [1.54, 1.807) is 6.07 Å². The number of carbonyl (C=O) groups is 2. The number of carboxylic acid groups (broad SMARTS) is 2. The van der Waals surface area contributed by atoms with Gasteiger partial charge in [0.05, 0.1) is 5.56 Å². The Morgan fingerprint density at radius 2 is 1.41 bits per heavy atom. The first-order chi connectivity index (χ1) is 9.30. The predicted octanol–water partition coefficient (Wildman–Crippen LogP) is 3.37. The van der Waals surface area contributed by atoms with E-state index >= 15 is 0 Å². The van der Waals surface area contributed by atoms with Crippen LogP contribution in [0.15, 0.2) is 12.1 Å². The van der Waals surface area contributed by atoms with Gasteiger partial charge in [-0.15, -0.1) is 0 Å². The van der Waals surface area contributed by atoms with Crippen LogP contribution in [-0.2, 0) is 10.8 Å². The first-order valence-electron chi connectivity index (χ1n) is 6.55. The zero-order chi connectivity index (χ0) is 17.0. The van der Waals surface area contributed by atoms with Crippen LogP contribution in [0.2, 0.25) is 0 Å². The second-order valence-electron chi connectivity index (χ2n) is 6.86. The molecule has 0 saturated heterocycles. The summed E-state index contributed by atoms with van der Waals surface area (Å²) in [5.74, 6) is 0.112. The monoisotopic (exact) mass is 320 g/mol. The van der Waals surface area contributed by atoms with Crippen LogP contribution < -0.4 is 0 Å². The van der Waals surface area contributed by atoms with Crippen molar-refractivity contribution in [1.29, 1.82) is 0 Å². The van der Waals surface area contributed by atoms with E-state index in [4.69, 9.17) is 15.0 Å². The fourth-order valence-corrected chi connectivity index (χ4v) is 1.75. The van der Waals surface area contributed by atoms with Gasteiger partial charge in [0.2, 0.25) is 0 Å². The molecule has 3 N–H and O–H groups in total. The molecule has 0 amide bonds. The minimum atomic E-state index is -1.83. The second kappa shape index (κ2) is 8.56. The SMILES string of the molecule is CC(C)(C)c1cc(C=O)c(O)c(C(C)(C)C)c1.O=C(O)O.[NaH]. The molecule has 120 valence electrons. The first-order valence-corrected chi connectivity index (χ1v) is 6.55. The van der Waals surface area contributed by atoms with E-state index in [9.17, 15) is 9.90 Å². The molecule has 0 spiro atoms. The number of hydrogen-bond donors (Lipinski definition) is 3. The fraction of sp³-hybridized carbons (Fsp3) is 0.500. The molecular weight excluding hydrogens is 295 g/mol. The van der Waals surface area contributed by atoms with Gasteiger partial charge in [-0.2, -0.15) is 0 Å². The molecule has 0 unspecified atom stereocenters. The maximum atomic E-state index is 11.0. The third-order valence-corrected chi connectivity index (χ3v) is 2.94. The first kappa shape index (κ1) is 23.2. The summed E-state index contributed by atoms with van der Waals surface area (Å²) in [4.78, 5) is 19.6. The molecule has 0 saturated carbocycles. The van der Waals surface area contributed by atoms with Gasteiger partial charge in [-0.3, -0.25) is 4.79 Å². The van der Waals surface area contributed by atoms with E-state index < -0.39 is 6.16 Å². The quantitative estimate of drug-likeness (QED) is 0.545. The van der Waals surface area contributed by atoms with Gasteiger partial charge < -0.3 is 15.3 Å². The average molecular weight is 320 g/mol. The molecule has 0 heterocycles. The van der Waals surface area contributed by atoms with Crippen molar-refractivity contribution in [3.8, 4) is 5.75 Å². The Morgan fingerprint density at radius 3 is 1.68 bits per heavy atom. The Bertz CT molecular complexity index is 521. The summed E-state index contributed by atoms with van der Waals surface area (Å²) in [6, 6.07) is 3.78. The van der Waals surface area contributed by atoms with Gasteiger partial charge >= 0.3 is 35.7 Å². The van der Waals surface area contributed by atoms with E-state index in [-0.39, 0.29) is 46.1 Å². The van der Waals surface area contributed by atoms with Gasteiger partial charge in [-0.05, 0) is 22.5 Å². The Kier molecular flexibility index (Phi) is 9.03. The zero-order valence-electron chi connectivity index (χ0n) is 13.4. The Morgan fingerprint density at radius 1 is 1.00 bits per heavy atom. The normalized spacial score (nSPS) is 10.8. The third-order valence-electron chi connectivity index (χ3n) is 2.94. The molecule has 1 rings (SSSR count). The van der Waals surface area contributed by atoms with Crippen molar-refractivity contribution >= 4 is 42.0 Å². The number of phenols is 1. The number of phenolic OH excluding ortho intramolecular Hbond substituents is 1. The van der Waals surface area contributed by atoms with E-state index in [2.05, 4.69) is 20.8 Å². The van der Waals surface area contributed by atoms with Gasteiger partial charge in [0.15, 0.2) is 6.29 Å². The number of benzene rings is 1. The van der Waals surface area contributed by atoms with Crippen molar-refractivity contribution in [3.63, 3.8) is 0 Å². The van der Waals surface area contributed by atoms with Gasteiger partial charge in [0.1, 0.15) is 5.75 Å². The van der Waals surface area contributed by atoms with Crippen LogP contribution >= 0.6 is 0 Å². The number of aromatic hydroxyl groups is 1. The van der Waals surface area contributed by atoms with Crippen LogP contribution in [0.25, 0.3) is 0 Å². The predicted molar refractivity (Wildman–Crippen MR) is 88.7 cm³/mol. The minimum absolute atomic E-state index is 0. The summed E-state index contributed by atoms with van der Waals surface area (Å²) < 4.78 is 0. The number of rotatable bonds is 1. The van der Waals surface area contributed by atoms with Crippen molar-refractivity contribution in [3.05, 3.63) is 28.8 Å². The second-order valence-corrected chi connectivity index (χ2v) is 6.86. The molecule has 6 heteroatoms. The van der Waals surface area contributed by atoms with Crippen molar-refractivity contribution in [2.75, 3.05) is 0 Å². The molecule has 22 heavy (non-hydrogen) atoms. The molecular formula is C16H25NaO5.